The van der Waals surface area contributed by atoms with Crippen LogP contribution in [0.2, 0.25) is 0 Å². The lowest BCUT2D eigenvalue weighted by molar-refractivity contribution is -0.120. The molecule has 1 aliphatic carbocycles. The normalized spacial score (nSPS) is 14.6. The van der Waals surface area contributed by atoms with Crippen LogP contribution in [0.1, 0.15) is 24.8 Å². The second-order valence-electron chi connectivity index (χ2n) is 4.38. The van der Waals surface area contributed by atoms with E-state index in [4.69, 9.17) is 0 Å². The van der Waals surface area contributed by atoms with Crippen molar-refractivity contribution >= 4 is 11.6 Å². The average Bonchev–Trinajstić information content (AvgIpc) is 3.05. The van der Waals surface area contributed by atoms with Crippen molar-refractivity contribution < 1.29 is 4.79 Å². The fourth-order valence-electron chi connectivity index (χ4n) is 1.52. The number of amides is 1. The smallest absolute Gasteiger partial charge is 0.221 e. The fraction of sp³-hybridized carbons (Fsp3) is 0.462. The molecule has 1 saturated carbocycles. The molecule has 1 aromatic rings. The van der Waals surface area contributed by atoms with Gasteiger partial charge in [0.2, 0.25) is 5.91 Å². The van der Waals surface area contributed by atoms with Gasteiger partial charge in [-0.2, -0.15) is 0 Å². The summed E-state index contributed by atoms with van der Waals surface area (Å²) in [4.78, 5) is 11.4. The van der Waals surface area contributed by atoms with Crippen LogP contribution in [0.25, 0.3) is 0 Å². The molecule has 1 aromatic carbocycles. The van der Waals surface area contributed by atoms with Gasteiger partial charge in [0.15, 0.2) is 0 Å². The van der Waals surface area contributed by atoms with Crippen LogP contribution in [-0.2, 0) is 4.79 Å². The SMILES string of the molecule is Cc1ccc(NCCC(=O)NC2CC2)cc1. The Kier molecular flexibility index (Phi) is 3.44. The molecule has 0 atom stereocenters. The second-order valence-corrected chi connectivity index (χ2v) is 4.38. The van der Waals surface area contributed by atoms with Crippen molar-refractivity contribution in [3.8, 4) is 0 Å². The average molecular weight is 218 g/mol. The van der Waals surface area contributed by atoms with E-state index in [1.54, 1.807) is 0 Å². The van der Waals surface area contributed by atoms with Crippen molar-refractivity contribution in [2.75, 3.05) is 11.9 Å². The van der Waals surface area contributed by atoms with Crippen LogP contribution >= 0.6 is 0 Å². The van der Waals surface area contributed by atoms with Gasteiger partial charge in [-0.15, -0.1) is 0 Å². The molecule has 3 heteroatoms. The van der Waals surface area contributed by atoms with Gasteiger partial charge in [-0.05, 0) is 31.9 Å². The minimum absolute atomic E-state index is 0.155. The largest absolute Gasteiger partial charge is 0.385 e. The topological polar surface area (TPSA) is 41.1 Å². The molecule has 0 saturated heterocycles. The standard InChI is InChI=1S/C13H18N2O/c1-10-2-4-11(5-3-10)14-9-8-13(16)15-12-6-7-12/h2-5,12,14H,6-9H2,1H3,(H,15,16). The van der Waals surface area contributed by atoms with Gasteiger partial charge in [0.1, 0.15) is 0 Å². The zero-order valence-electron chi connectivity index (χ0n) is 9.62. The molecule has 3 nitrogen and oxygen atoms in total. The fourth-order valence-corrected chi connectivity index (χ4v) is 1.52. The van der Waals surface area contributed by atoms with Gasteiger partial charge < -0.3 is 10.6 Å². The summed E-state index contributed by atoms with van der Waals surface area (Å²) in [6.07, 6.45) is 2.85. The molecule has 1 fully saturated rings. The molecule has 0 radical (unpaired) electrons. The highest BCUT2D eigenvalue weighted by atomic mass is 16.1. The van der Waals surface area contributed by atoms with Crippen molar-refractivity contribution in [2.45, 2.75) is 32.2 Å². The van der Waals surface area contributed by atoms with E-state index >= 15 is 0 Å². The molecule has 0 heterocycles. The van der Waals surface area contributed by atoms with Gasteiger partial charge in [-0.1, -0.05) is 17.7 Å². The van der Waals surface area contributed by atoms with E-state index in [1.807, 2.05) is 12.1 Å². The second kappa shape index (κ2) is 5.01. The summed E-state index contributed by atoms with van der Waals surface area (Å²) in [5.41, 5.74) is 2.32. The maximum atomic E-state index is 11.4. The molecule has 1 amide bonds. The van der Waals surface area contributed by atoms with Crippen LogP contribution in [0.15, 0.2) is 24.3 Å². The first kappa shape index (κ1) is 11.0. The molecular formula is C13H18N2O. The zero-order valence-corrected chi connectivity index (χ0v) is 9.62. The zero-order chi connectivity index (χ0) is 11.4. The third kappa shape index (κ3) is 3.57. The number of aryl methyl sites for hydroxylation is 1. The summed E-state index contributed by atoms with van der Waals surface area (Å²) in [5.74, 6) is 0.155. The van der Waals surface area contributed by atoms with Crippen molar-refractivity contribution in [1.29, 1.82) is 0 Å². The molecule has 0 spiro atoms. The number of hydrogen-bond donors (Lipinski definition) is 2. The number of benzene rings is 1. The molecule has 0 unspecified atom stereocenters. The number of carbonyl (C=O) groups excluding carboxylic acids is 1. The van der Waals surface area contributed by atoms with Gasteiger partial charge in [-0.3, -0.25) is 4.79 Å². The van der Waals surface area contributed by atoms with E-state index in [0.717, 1.165) is 18.5 Å². The highest BCUT2D eigenvalue weighted by molar-refractivity contribution is 5.77. The maximum absolute atomic E-state index is 11.4. The maximum Gasteiger partial charge on any atom is 0.221 e. The summed E-state index contributed by atoms with van der Waals surface area (Å²) >= 11 is 0. The molecule has 0 bridgehead atoms. The van der Waals surface area contributed by atoms with E-state index in [-0.39, 0.29) is 5.91 Å². The monoisotopic (exact) mass is 218 g/mol. The summed E-state index contributed by atoms with van der Waals surface area (Å²) < 4.78 is 0. The number of hydrogen-bond acceptors (Lipinski definition) is 2. The highest BCUT2D eigenvalue weighted by Gasteiger charge is 2.22. The van der Waals surface area contributed by atoms with E-state index in [1.165, 1.54) is 5.56 Å². The Morgan fingerprint density at radius 1 is 1.31 bits per heavy atom. The number of nitrogens with one attached hydrogen (secondary N) is 2. The third-order valence-electron chi connectivity index (χ3n) is 2.68. The Morgan fingerprint density at radius 2 is 2.00 bits per heavy atom. The number of carbonyl (C=O) groups is 1. The predicted octanol–water partition coefficient (Wildman–Crippen LogP) is 2.08. The summed E-state index contributed by atoms with van der Waals surface area (Å²) in [6.45, 7) is 2.76. The van der Waals surface area contributed by atoms with Crippen LogP contribution in [0.5, 0.6) is 0 Å². The first-order chi connectivity index (χ1) is 7.74. The van der Waals surface area contributed by atoms with Crippen molar-refractivity contribution in [1.82, 2.24) is 5.32 Å². The van der Waals surface area contributed by atoms with Crippen LogP contribution in [0, 0.1) is 6.92 Å². The van der Waals surface area contributed by atoms with E-state index in [9.17, 15) is 4.79 Å². The quantitative estimate of drug-likeness (QED) is 0.794. The van der Waals surface area contributed by atoms with Crippen molar-refractivity contribution in [3.63, 3.8) is 0 Å². The van der Waals surface area contributed by atoms with Crippen LogP contribution in [-0.4, -0.2) is 18.5 Å². The van der Waals surface area contributed by atoms with Gasteiger partial charge in [0.05, 0.1) is 0 Å². The molecule has 2 rings (SSSR count). The lowest BCUT2D eigenvalue weighted by atomic mass is 10.2. The van der Waals surface area contributed by atoms with Gasteiger partial charge in [-0.25, -0.2) is 0 Å². The van der Waals surface area contributed by atoms with E-state index in [2.05, 4.69) is 29.7 Å². The minimum atomic E-state index is 0.155. The van der Waals surface area contributed by atoms with E-state index in [0.29, 0.717) is 19.0 Å². The van der Waals surface area contributed by atoms with Crippen LogP contribution < -0.4 is 10.6 Å². The third-order valence-corrected chi connectivity index (χ3v) is 2.68. The Bertz CT molecular complexity index is 355. The highest BCUT2D eigenvalue weighted by Crippen LogP contribution is 2.18. The number of anilines is 1. The van der Waals surface area contributed by atoms with Crippen molar-refractivity contribution in [3.05, 3.63) is 29.8 Å². The lowest BCUT2D eigenvalue weighted by Gasteiger charge is -2.06. The first-order valence-electron chi connectivity index (χ1n) is 5.84. The Morgan fingerprint density at radius 3 is 2.62 bits per heavy atom. The molecule has 0 aliphatic heterocycles. The Balaban J connectivity index is 1.66. The number of rotatable bonds is 5. The van der Waals surface area contributed by atoms with Crippen LogP contribution in [0.4, 0.5) is 5.69 Å². The molecule has 0 aromatic heterocycles. The van der Waals surface area contributed by atoms with Gasteiger partial charge in [0, 0.05) is 24.7 Å². The summed E-state index contributed by atoms with van der Waals surface area (Å²) in [6, 6.07) is 8.66. The first-order valence-corrected chi connectivity index (χ1v) is 5.84. The van der Waals surface area contributed by atoms with Crippen LogP contribution in [0.3, 0.4) is 0 Å². The predicted molar refractivity (Wildman–Crippen MR) is 65.5 cm³/mol. The summed E-state index contributed by atoms with van der Waals surface area (Å²) in [7, 11) is 0. The summed E-state index contributed by atoms with van der Waals surface area (Å²) in [5, 5.41) is 6.21. The molecule has 1 aliphatic rings. The molecular weight excluding hydrogens is 200 g/mol. The van der Waals surface area contributed by atoms with Gasteiger partial charge >= 0.3 is 0 Å². The molecule has 16 heavy (non-hydrogen) atoms. The van der Waals surface area contributed by atoms with E-state index < -0.39 is 0 Å². The van der Waals surface area contributed by atoms with Gasteiger partial charge in [0.25, 0.3) is 0 Å². The molecule has 2 N–H and O–H groups in total. The Hall–Kier alpha value is -1.51. The minimum Gasteiger partial charge on any atom is -0.385 e. The molecule has 86 valence electrons. The Labute approximate surface area is 96.2 Å². The lowest BCUT2D eigenvalue weighted by Crippen LogP contribution is -2.27. The van der Waals surface area contributed by atoms with Crippen molar-refractivity contribution in [2.24, 2.45) is 0 Å².